The van der Waals surface area contributed by atoms with Crippen molar-refractivity contribution in [3.63, 3.8) is 0 Å². The predicted octanol–water partition coefficient (Wildman–Crippen LogP) is 3.87. The van der Waals surface area contributed by atoms with Crippen LogP contribution >= 0.6 is 11.6 Å². The topological polar surface area (TPSA) is 91.6 Å². The molecule has 10 heteroatoms. The van der Waals surface area contributed by atoms with Crippen LogP contribution in [-0.4, -0.2) is 28.0 Å². The standard InChI is InChI=1S/C25H20ClF2N3O4/c1-12-7-18(27)15(19(28)8-12)9-29-24(34)16-11-30-13-5-6-14-17(26)3-2-4-20(14)31(10-13)25(35)21(30)23(33)22(16)32/h2-4,7-8,11,13,33H,5-6,9-10H2,1H3,(H,29,34)/t13-/m1/s1. The maximum Gasteiger partial charge on any atom is 0.279 e. The minimum absolute atomic E-state index is 0.216. The summed E-state index contributed by atoms with van der Waals surface area (Å²) in [6, 6.07) is 7.16. The number of anilines is 1. The first kappa shape index (κ1) is 23.0. The Morgan fingerprint density at radius 2 is 1.94 bits per heavy atom. The SMILES string of the molecule is Cc1cc(F)c(CNC(=O)c2cn3c(c(O)c2=O)C(=O)N2C[C@H]3CCc3c(Cl)cccc32)c(F)c1. The fraction of sp³-hybridized carbons (Fsp3) is 0.240. The van der Waals surface area contributed by atoms with Crippen molar-refractivity contribution in [2.45, 2.75) is 32.4 Å². The Balaban J connectivity index is 1.51. The fourth-order valence-electron chi connectivity index (χ4n) is 4.75. The molecule has 180 valence electrons. The summed E-state index contributed by atoms with van der Waals surface area (Å²) < 4.78 is 29.7. The molecule has 2 bridgehead atoms. The molecule has 0 saturated heterocycles. The Morgan fingerprint density at radius 3 is 2.66 bits per heavy atom. The summed E-state index contributed by atoms with van der Waals surface area (Å²) in [5, 5.41) is 13.5. The first-order valence-corrected chi connectivity index (χ1v) is 11.3. The average molecular weight is 500 g/mol. The van der Waals surface area contributed by atoms with E-state index in [9.17, 15) is 28.3 Å². The molecule has 2 N–H and O–H groups in total. The number of fused-ring (bicyclic) bond motifs is 6. The molecular weight excluding hydrogens is 480 g/mol. The second kappa shape index (κ2) is 8.49. The summed E-state index contributed by atoms with van der Waals surface area (Å²) in [4.78, 5) is 40.5. The van der Waals surface area contributed by atoms with E-state index in [2.05, 4.69) is 5.32 Å². The maximum absolute atomic E-state index is 14.1. The van der Waals surface area contributed by atoms with Crippen LogP contribution in [0.1, 0.15) is 50.0 Å². The van der Waals surface area contributed by atoms with Crippen molar-refractivity contribution < 1.29 is 23.5 Å². The number of amides is 2. The summed E-state index contributed by atoms with van der Waals surface area (Å²) in [6.07, 6.45) is 2.31. The molecule has 3 heterocycles. The summed E-state index contributed by atoms with van der Waals surface area (Å²) in [7, 11) is 0. The lowest BCUT2D eigenvalue weighted by Crippen LogP contribution is -2.44. The van der Waals surface area contributed by atoms with Crippen molar-refractivity contribution >= 4 is 29.1 Å². The third-order valence-electron chi connectivity index (χ3n) is 6.51. The zero-order valence-corrected chi connectivity index (χ0v) is 19.3. The molecule has 0 radical (unpaired) electrons. The number of rotatable bonds is 3. The number of halogens is 3. The van der Waals surface area contributed by atoms with E-state index < -0.39 is 46.7 Å². The number of hydrogen-bond donors (Lipinski definition) is 2. The van der Waals surface area contributed by atoms with Crippen LogP contribution in [0.5, 0.6) is 5.75 Å². The van der Waals surface area contributed by atoms with Crippen LogP contribution < -0.4 is 15.6 Å². The van der Waals surface area contributed by atoms with Crippen LogP contribution in [-0.2, 0) is 13.0 Å². The van der Waals surface area contributed by atoms with Crippen molar-refractivity contribution in [3.8, 4) is 5.75 Å². The minimum Gasteiger partial charge on any atom is -0.503 e. The quantitative estimate of drug-likeness (QED) is 0.572. The summed E-state index contributed by atoms with van der Waals surface area (Å²) >= 11 is 6.35. The van der Waals surface area contributed by atoms with Gasteiger partial charge in [-0.2, -0.15) is 0 Å². The van der Waals surface area contributed by atoms with Crippen molar-refractivity contribution in [1.82, 2.24) is 9.88 Å². The molecule has 2 aliphatic rings. The lowest BCUT2D eigenvalue weighted by molar-refractivity contribution is 0.0929. The molecule has 7 nitrogen and oxygen atoms in total. The van der Waals surface area contributed by atoms with E-state index in [0.717, 1.165) is 17.7 Å². The summed E-state index contributed by atoms with van der Waals surface area (Å²) in [5.41, 5.74) is -0.244. The Bertz CT molecular complexity index is 1450. The number of aryl methyl sites for hydroxylation is 1. The Hall–Kier alpha value is -3.72. The number of carbonyl (C=O) groups excluding carboxylic acids is 2. The molecule has 35 heavy (non-hydrogen) atoms. The molecule has 5 rings (SSSR count). The lowest BCUT2D eigenvalue weighted by Gasteiger charge is -2.35. The lowest BCUT2D eigenvalue weighted by atomic mass is 10.0. The van der Waals surface area contributed by atoms with Gasteiger partial charge in [0, 0.05) is 35.6 Å². The number of benzene rings is 2. The Kier molecular flexibility index (Phi) is 5.59. The van der Waals surface area contributed by atoms with Gasteiger partial charge >= 0.3 is 0 Å². The van der Waals surface area contributed by atoms with Crippen LogP contribution in [0.25, 0.3) is 0 Å². The normalized spacial score (nSPS) is 16.4. The molecular formula is C25H20ClF2N3O4. The van der Waals surface area contributed by atoms with E-state index in [1.54, 1.807) is 18.2 Å². The minimum atomic E-state index is -1.04. The Labute approximate surface area is 203 Å². The molecule has 1 aromatic heterocycles. The third kappa shape index (κ3) is 3.76. The van der Waals surface area contributed by atoms with E-state index in [1.807, 2.05) is 0 Å². The van der Waals surface area contributed by atoms with Gasteiger partial charge in [-0.3, -0.25) is 14.4 Å². The van der Waals surface area contributed by atoms with E-state index in [4.69, 9.17) is 11.6 Å². The Morgan fingerprint density at radius 1 is 1.23 bits per heavy atom. The van der Waals surface area contributed by atoms with E-state index in [1.165, 1.54) is 22.6 Å². The van der Waals surface area contributed by atoms with E-state index in [-0.39, 0.29) is 23.8 Å². The highest BCUT2D eigenvalue weighted by atomic mass is 35.5. The largest absolute Gasteiger partial charge is 0.503 e. The molecule has 2 amide bonds. The highest BCUT2D eigenvalue weighted by Gasteiger charge is 2.38. The second-order valence-electron chi connectivity index (χ2n) is 8.71. The van der Waals surface area contributed by atoms with E-state index in [0.29, 0.717) is 29.1 Å². The van der Waals surface area contributed by atoms with Crippen molar-refractivity contribution in [2.24, 2.45) is 0 Å². The zero-order valence-electron chi connectivity index (χ0n) is 18.6. The number of nitrogens with one attached hydrogen (secondary N) is 1. The first-order valence-electron chi connectivity index (χ1n) is 11.0. The van der Waals surface area contributed by atoms with Gasteiger partial charge in [0.05, 0.1) is 6.04 Å². The van der Waals surface area contributed by atoms with Crippen LogP contribution in [0.15, 0.2) is 41.3 Å². The zero-order chi connectivity index (χ0) is 25.0. The molecule has 1 atom stereocenters. The van der Waals surface area contributed by atoms with Gasteiger partial charge in [-0.05, 0) is 55.2 Å². The molecule has 0 fully saturated rings. The van der Waals surface area contributed by atoms with Crippen LogP contribution in [0.2, 0.25) is 5.02 Å². The maximum atomic E-state index is 14.1. The second-order valence-corrected chi connectivity index (χ2v) is 9.12. The van der Waals surface area contributed by atoms with Gasteiger partial charge in [0.15, 0.2) is 11.4 Å². The van der Waals surface area contributed by atoms with E-state index >= 15 is 0 Å². The first-order chi connectivity index (χ1) is 16.7. The molecule has 0 spiro atoms. The van der Waals surface area contributed by atoms with Crippen LogP contribution in [0.3, 0.4) is 0 Å². The number of aromatic nitrogens is 1. The highest BCUT2D eigenvalue weighted by Crippen LogP contribution is 2.39. The molecule has 0 aliphatic carbocycles. The number of hydrogen-bond acceptors (Lipinski definition) is 4. The summed E-state index contributed by atoms with van der Waals surface area (Å²) in [6.45, 7) is 1.30. The molecule has 0 unspecified atom stereocenters. The van der Waals surface area contributed by atoms with Gasteiger partial charge in [0.25, 0.3) is 11.8 Å². The predicted molar refractivity (Wildman–Crippen MR) is 125 cm³/mol. The van der Waals surface area contributed by atoms with Crippen molar-refractivity contribution in [3.05, 3.63) is 91.4 Å². The van der Waals surface area contributed by atoms with Gasteiger partial charge in [-0.25, -0.2) is 8.78 Å². The molecule has 2 aliphatic heterocycles. The van der Waals surface area contributed by atoms with Crippen LogP contribution in [0, 0.1) is 18.6 Å². The highest BCUT2D eigenvalue weighted by molar-refractivity contribution is 6.32. The van der Waals surface area contributed by atoms with Gasteiger partial charge < -0.3 is 19.9 Å². The smallest absolute Gasteiger partial charge is 0.279 e. The van der Waals surface area contributed by atoms with Crippen LogP contribution in [0.4, 0.5) is 14.5 Å². The number of carbonyl (C=O) groups is 2. The fourth-order valence-corrected chi connectivity index (χ4v) is 5.01. The van der Waals surface area contributed by atoms with Crippen molar-refractivity contribution in [1.29, 1.82) is 0 Å². The number of pyridine rings is 1. The van der Waals surface area contributed by atoms with Crippen molar-refractivity contribution in [2.75, 3.05) is 11.4 Å². The third-order valence-corrected chi connectivity index (χ3v) is 6.87. The number of aromatic hydroxyl groups is 1. The number of nitrogens with zero attached hydrogens (tertiary/aromatic N) is 2. The summed E-state index contributed by atoms with van der Waals surface area (Å²) in [5.74, 6) is -4.01. The van der Waals surface area contributed by atoms with Gasteiger partial charge in [0.1, 0.15) is 17.2 Å². The monoisotopic (exact) mass is 499 g/mol. The van der Waals surface area contributed by atoms with Gasteiger partial charge in [-0.15, -0.1) is 0 Å². The molecule has 3 aromatic rings. The van der Waals surface area contributed by atoms with Gasteiger partial charge in [0.2, 0.25) is 5.43 Å². The van der Waals surface area contributed by atoms with Gasteiger partial charge in [-0.1, -0.05) is 17.7 Å². The molecule has 0 saturated carbocycles. The average Bonchev–Trinajstić information content (AvgIpc) is 2.98. The molecule has 2 aromatic carbocycles.